The average molecular weight is 486 g/mol. The van der Waals surface area contributed by atoms with E-state index in [-0.39, 0.29) is 0 Å². The first-order valence-corrected chi connectivity index (χ1v) is 12.9. The number of aromatic nitrogens is 3. The third-order valence-corrected chi connectivity index (χ3v) is 7.60. The second-order valence-corrected chi connectivity index (χ2v) is 9.69. The highest BCUT2D eigenvalue weighted by Crippen LogP contribution is 2.39. The molecule has 0 aliphatic rings. The fraction of sp³-hybridized carbons (Fsp3) is 0. The van der Waals surface area contributed by atoms with Crippen molar-refractivity contribution in [1.29, 1.82) is 0 Å². The molecule has 3 aromatic heterocycles. The summed E-state index contributed by atoms with van der Waals surface area (Å²) in [4.78, 5) is 4.60. The van der Waals surface area contributed by atoms with Gasteiger partial charge in [0.2, 0.25) is 0 Å². The number of hydrogen-bond donors (Lipinski definition) is 0. The van der Waals surface area contributed by atoms with E-state index in [0.717, 1.165) is 16.9 Å². The first kappa shape index (κ1) is 21.0. The summed E-state index contributed by atoms with van der Waals surface area (Å²) in [5, 5.41) is 6.29. The number of pyridine rings is 1. The highest BCUT2D eigenvalue weighted by atomic mass is 15.0. The molecule has 3 heterocycles. The zero-order valence-electron chi connectivity index (χ0n) is 20.6. The topological polar surface area (TPSA) is 22.8 Å². The van der Waals surface area contributed by atoms with Crippen LogP contribution in [0.3, 0.4) is 0 Å². The summed E-state index contributed by atoms with van der Waals surface area (Å²) in [6.07, 6.45) is 4.03. The van der Waals surface area contributed by atoms with Gasteiger partial charge in [0.15, 0.2) is 0 Å². The van der Waals surface area contributed by atoms with Gasteiger partial charge in [-0.25, -0.2) is 0 Å². The Morgan fingerprint density at radius 1 is 0.474 bits per heavy atom. The number of benzene rings is 5. The van der Waals surface area contributed by atoms with Gasteiger partial charge in [-0.3, -0.25) is 4.98 Å². The van der Waals surface area contributed by atoms with Crippen LogP contribution in [0.4, 0.5) is 0 Å². The zero-order valence-corrected chi connectivity index (χ0v) is 20.6. The smallest absolute Gasteiger partial charge is 0.0702 e. The van der Waals surface area contributed by atoms with Crippen LogP contribution in [0.1, 0.15) is 0 Å². The highest BCUT2D eigenvalue weighted by Gasteiger charge is 2.17. The molecule has 3 heteroatoms. The molecule has 0 atom stereocenters. The van der Waals surface area contributed by atoms with Gasteiger partial charge in [-0.1, -0.05) is 72.8 Å². The predicted octanol–water partition coefficient (Wildman–Crippen LogP) is 8.94. The quantitative estimate of drug-likeness (QED) is 0.245. The zero-order chi connectivity index (χ0) is 25.1. The van der Waals surface area contributed by atoms with Gasteiger partial charge in [-0.05, 0) is 60.0 Å². The molecule has 8 rings (SSSR count). The molecule has 0 radical (unpaired) electrons. The minimum absolute atomic E-state index is 0.976. The van der Waals surface area contributed by atoms with E-state index in [9.17, 15) is 0 Å². The number of fused-ring (bicyclic) bond motifs is 7. The Balaban J connectivity index is 1.45. The third-order valence-electron chi connectivity index (χ3n) is 7.60. The first-order chi connectivity index (χ1) is 18.9. The second kappa shape index (κ2) is 8.19. The molecule has 0 aliphatic heterocycles. The fourth-order valence-electron chi connectivity index (χ4n) is 5.91. The van der Waals surface area contributed by atoms with Crippen molar-refractivity contribution in [2.75, 3.05) is 0 Å². The van der Waals surface area contributed by atoms with E-state index >= 15 is 0 Å². The lowest BCUT2D eigenvalue weighted by atomic mass is 10.0. The summed E-state index contributed by atoms with van der Waals surface area (Å²) < 4.78 is 4.68. The molecule has 8 aromatic rings. The van der Waals surface area contributed by atoms with E-state index in [0.29, 0.717) is 0 Å². The van der Waals surface area contributed by atoms with E-state index < -0.39 is 0 Å². The van der Waals surface area contributed by atoms with E-state index in [4.69, 9.17) is 0 Å². The van der Waals surface area contributed by atoms with Crippen LogP contribution in [0.2, 0.25) is 0 Å². The minimum atomic E-state index is 0.976. The Morgan fingerprint density at radius 3 is 2.11 bits per heavy atom. The fourth-order valence-corrected chi connectivity index (χ4v) is 5.91. The number of rotatable bonds is 3. The number of para-hydroxylation sites is 2. The van der Waals surface area contributed by atoms with Crippen molar-refractivity contribution in [3.8, 4) is 22.6 Å². The Bertz CT molecular complexity index is 2120. The van der Waals surface area contributed by atoms with Gasteiger partial charge in [0.05, 0.1) is 22.2 Å². The van der Waals surface area contributed by atoms with Crippen molar-refractivity contribution in [1.82, 2.24) is 14.1 Å². The SMILES string of the molecule is c1ccc(-n2ccc3c4ccc5c6ccccc6n(-c6cccc(-c7ccccn7)c6)c5c4ccc32)cc1. The van der Waals surface area contributed by atoms with Crippen LogP contribution < -0.4 is 0 Å². The molecule has 0 unspecified atom stereocenters. The lowest BCUT2D eigenvalue weighted by molar-refractivity contribution is 1.13. The van der Waals surface area contributed by atoms with Crippen molar-refractivity contribution in [2.45, 2.75) is 0 Å². The summed E-state index contributed by atoms with van der Waals surface area (Å²) in [5.41, 5.74) is 8.03. The van der Waals surface area contributed by atoms with Crippen LogP contribution in [-0.4, -0.2) is 14.1 Å². The normalized spacial score (nSPS) is 11.7. The van der Waals surface area contributed by atoms with Gasteiger partial charge >= 0.3 is 0 Å². The molecule has 0 saturated carbocycles. The van der Waals surface area contributed by atoms with Crippen molar-refractivity contribution in [3.63, 3.8) is 0 Å². The third kappa shape index (κ3) is 3.06. The maximum atomic E-state index is 4.60. The van der Waals surface area contributed by atoms with E-state index in [1.54, 1.807) is 0 Å². The second-order valence-electron chi connectivity index (χ2n) is 9.69. The standard InChI is InChI=1S/C35H23N3/c1-2-10-25(11-3-1)37-22-20-29-27-16-17-31-28-13-4-5-15-34(28)38(35(31)30(27)18-19-33(29)37)26-12-8-9-24(23-26)32-14-6-7-21-36-32/h1-23H. The van der Waals surface area contributed by atoms with Crippen LogP contribution >= 0.6 is 0 Å². The summed E-state index contributed by atoms with van der Waals surface area (Å²) in [5.74, 6) is 0. The van der Waals surface area contributed by atoms with Crippen molar-refractivity contribution in [3.05, 3.63) is 140 Å². The molecule has 5 aromatic carbocycles. The largest absolute Gasteiger partial charge is 0.317 e. The summed E-state index contributed by atoms with van der Waals surface area (Å²) in [7, 11) is 0. The molecule has 0 aliphatic carbocycles. The minimum Gasteiger partial charge on any atom is -0.317 e. The molecule has 0 fully saturated rings. The van der Waals surface area contributed by atoms with Gasteiger partial charge in [0, 0.05) is 50.9 Å². The molecular formula is C35H23N3. The molecule has 3 nitrogen and oxygen atoms in total. The molecular weight excluding hydrogens is 462 g/mol. The molecule has 0 N–H and O–H groups in total. The maximum Gasteiger partial charge on any atom is 0.0702 e. The summed E-state index contributed by atoms with van der Waals surface area (Å²) in [6, 6.07) is 45.4. The Morgan fingerprint density at radius 2 is 1.21 bits per heavy atom. The molecule has 0 bridgehead atoms. The van der Waals surface area contributed by atoms with Gasteiger partial charge in [0.1, 0.15) is 0 Å². The molecule has 0 spiro atoms. The lowest BCUT2D eigenvalue weighted by Crippen LogP contribution is -1.96. The van der Waals surface area contributed by atoms with Crippen LogP contribution in [0.25, 0.3) is 66.1 Å². The summed E-state index contributed by atoms with van der Waals surface area (Å²) >= 11 is 0. The average Bonchev–Trinajstić information content (AvgIpc) is 3.58. The monoisotopic (exact) mass is 485 g/mol. The van der Waals surface area contributed by atoms with Crippen molar-refractivity contribution >= 4 is 43.5 Å². The van der Waals surface area contributed by atoms with Crippen LogP contribution in [0.15, 0.2) is 140 Å². The van der Waals surface area contributed by atoms with Crippen LogP contribution in [-0.2, 0) is 0 Å². The highest BCUT2D eigenvalue weighted by molar-refractivity contribution is 6.22. The molecule has 0 saturated heterocycles. The van der Waals surface area contributed by atoms with Crippen LogP contribution in [0, 0.1) is 0 Å². The van der Waals surface area contributed by atoms with Crippen molar-refractivity contribution < 1.29 is 0 Å². The van der Waals surface area contributed by atoms with E-state index in [2.05, 4.69) is 136 Å². The van der Waals surface area contributed by atoms with Crippen LogP contribution in [0.5, 0.6) is 0 Å². The molecule has 178 valence electrons. The van der Waals surface area contributed by atoms with E-state index in [1.165, 1.54) is 49.2 Å². The van der Waals surface area contributed by atoms with Gasteiger partial charge < -0.3 is 9.13 Å². The Hall–Kier alpha value is -5.15. The summed E-state index contributed by atoms with van der Waals surface area (Å²) in [6.45, 7) is 0. The maximum absolute atomic E-state index is 4.60. The first-order valence-electron chi connectivity index (χ1n) is 12.9. The van der Waals surface area contributed by atoms with Gasteiger partial charge in [-0.15, -0.1) is 0 Å². The molecule has 38 heavy (non-hydrogen) atoms. The number of hydrogen-bond acceptors (Lipinski definition) is 1. The number of nitrogens with zero attached hydrogens (tertiary/aromatic N) is 3. The van der Waals surface area contributed by atoms with E-state index in [1.807, 2.05) is 18.3 Å². The Labute approximate surface area is 219 Å². The van der Waals surface area contributed by atoms with Crippen molar-refractivity contribution in [2.24, 2.45) is 0 Å². The lowest BCUT2D eigenvalue weighted by Gasteiger charge is -2.12. The Kier molecular flexibility index (Phi) is 4.52. The predicted molar refractivity (Wildman–Crippen MR) is 158 cm³/mol. The molecule has 0 amide bonds. The van der Waals surface area contributed by atoms with Gasteiger partial charge in [0.25, 0.3) is 0 Å². The van der Waals surface area contributed by atoms with Gasteiger partial charge in [-0.2, -0.15) is 0 Å².